The normalized spacial score (nSPS) is 10.7. The van der Waals surface area contributed by atoms with E-state index in [9.17, 15) is 0 Å². The molecule has 0 radical (unpaired) electrons. The number of rotatable bonds is 0. The Morgan fingerprint density at radius 2 is 1.92 bits per heavy atom. The minimum atomic E-state index is 0.713. The molecular weight excluding hydrogens is 205 g/mol. The number of fused-ring (bicyclic) bond motifs is 1. The topological polar surface area (TPSA) is 12.9 Å². The van der Waals surface area contributed by atoms with Gasteiger partial charge in [-0.2, -0.15) is 0 Å². The van der Waals surface area contributed by atoms with E-state index >= 15 is 0 Å². The van der Waals surface area contributed by atoms with Gasteiger partial charge in [-0.3, -0.25) is 4.98 Å². The van der Waals surface area contributed by atoms with Crippen LogP contribution in [-0.4, -0.2) is 4.98 Å². The molecule has 0 N–H and O–H groups in total. The van der Waals surface area contributed by atoms with E-state index in [1.807, 2.05) is 19.1 Å². The van der Waals surface area contributed by atoms with Gasteiger partial charge < -0.3 is 0 Å². The zero-order valence-electron chi connectivity index (χ0n) is 7.01. The van der Waals surface area contributed by atoms with Crippen LogP contribution in [0.5, 0.6) is 0 Å². The van der Waals surface area contributed by atoms with Crippen LogP contribution in [0.2, 0.25) is 10.0 Å². The third-order valence-corrected chi connectivity index (χ3v) is 2.71. The fourth-order valence-electron chi connectivity index (χ4n) is 1.24. The largest absolute Gasteiger partial charge is 0.256 e. The molecule has 0 aliphatic rings. The molecule has 0 unspecified atom stereocenters. The molecule has 0 atom stereocenters. The van der Waals surface area contributed by atoms with Crippen molar-refractivity contribution in [1.82, 2.24) is 4.98 Å². The fraction of sp³-hybridized carbons (Fsp3) is 0.100. The Balaban J connectivity index is 2.89. The second kappa shape index (κ2) is 3.17. The molecule has 66 valence electrons. The quantitative estimate of drug-likeness (QED) is 0.646. The van der Waals surface area contributed by atoms with Gasteiger partial charge in [0.15, 0.2) is 0 Å². The first kappa shape index (κ1) is 8.79. The van der Waals surface area contributed by atoms with E-state index in [0.29, 0.717) is 5.02 Å². The first-order chi connectivity index (χ1) is 6.18. The van der Waals surface area contributed by atoms with Crippen molar-refractivity contribution in [2.24, 2.45) is 0 Å². The van der Waals surface area contributed by atoms with Crippen molar-refractivity contribution < 1.29 is 0 Å². The van der Waals surface area contributed by atoms with Gasteiger partial charge in [0.2, 0.25) is 0 Å². The molecule has 13 heavy (non-hydrogen) atoms. The average Bonchev–Trinajstić information content (AvgIpc) is 2.09. The van der Waals surface area contributed by atoms with Gasteiger partial charge in [0, 0.05) is 16.6 Å². The predicted molar refractivity (Wildman–Crippen MR) is 56.5 cm³/mol. The summed E-state index contributed by atoms with van der Waals surface area (Å²) in [6.07, 6.45) is 1.68. The van der Waals surface area contributed by atoms with Gasteiger partial charge in [0.05, 0.1) is 10.5 Å². The smallest absolute Gasteiger partial charge is 0.0731 e. The number of nitrogens with zero attached hydrogens (tertiary/aromatic N) is 1. The Bertz CT molecular complexity index is 466. The number of benzene rings is 1. The molecule has 2 aromatic rings. The number of halogens is 2. The first-order valence-electron chi connectivity index (χ1n) is 3.89. The van der Waals surface area contributed by atoms with Gasteiger partial charge in [0.1, 0.15) is 0 Å². The molecule has 1 aromatic heterocycles. The summed E-state index contributed by atoms with van der Waals surface area (Å²) in [5.74, 6) is 0. The highest BCUT2D eigenvalue weighted by molar-refractivity contribution is 6.36. The zero-order valence-corrected chi connectivity index (χ0v) is 8.52. The van der Waals surface area contributed by atoms with Crippen LogP contribution >= 0.6 is 23.2 Å². The third kappa shape index (κ3) is 1.50. The van der Waals surface area contributed by atoms with Gasteiger partial charge in [-0.05, 0) is 30.7 Å². The molecule has 1 heterocycles. The second-order valence-electron chi connectivity index (χ2n) is 2.91. The number of hydrogen-bond donors (Lipinski definition) is 0. The molecule has 0 spiro atoms. The van der Waals surface area contributed by atoms with E-state index in [1.54, 1.807) is 12.3 Å². The van der Waals surface area contributed by atoms with Crippen LogP contribution in [0.15, 0.2) is 24.4 Å². The van der Waals surface area contributed by atoms with Crippen LogP contribution in [-0.2, 0) is 0 Å². The van der Waals surface area contributed by atoms with Gasteiger partial charge in [-0.25, -0.2) is 0 Å². The Labute approximate surface area is 86.3 Å². The van der Waals surface area contributed by atoms with Crippen LogP contribution < -0.4 is 0 Å². The predicted octanol–water partition coefficient (Wildman–Crippen LogP) is 3.85. The summed E-state index contributed by atoms with van der Waals surface area (Å²) in [4.78, 5) is 4.18. The van der Waals surface area contributed by atoms with E-state index in [2.05, 4.69) is 4.98 Å². The summed E-state index contributed by atoms with van der Waals surface area (Å²) in [5, 5.41) is 2.39. The summed E-state index contributed by atoms with van der Waals surface area (Å²) in [7, 11) is 0. The number of pyridine rings is 1. The molecule has 1 nitrogen and oxygen atoms in total. The lowest BCUT2D eigenvalue weighted by molar-refractivity contribution is 1.39. The summed E-state index contributed by atoms with van der Waals surface area (Å²) in [5.41, 5.74) is 1.85. The van der Waals surface area contributed by atoms with Crippen molar-refractivity contribution in [2.75, 3.05) is 0 Å². The first-order valence-corrected chi connectivity index (χ1v) is 4.64. The van der Waals surface area contributed by atoms with E-state index in [4.69, 9.17) is 23.2 Å². The molecule has 1 aromatic carbocycles. The molecule has 0 saturated heterocycles. The standard InChI is InChI=1S/C10H7Cl2N/c1-6-4-7-8(11)2-3-13-10(7)5-9(6)12/h2-5H,1H3. The van der Waals surface area contributed by atoms with E-state index in [0.717, 1.165) is 21.5 Å². The molecular formula is C10H7Cl2N. The van der Waals surface area contributed by atoms with Crippen molar-refractivity contribution >= 4 is 34.1 Å². The van der Waals surface area contributed by atoms with Crippen LogP contribution in [0.4, 0.5) is 0 Å². The molecule has 0 saturated carbocycles. The van der Waals surface area contributed by atoms with Crippen LogP contribution in [0.1, 0.15) is 5.56 Å². The van der Waals surface area contributed by atoms with Crippen molar-refractivity contribution in [1.29, 1.82) is 0 Å². The molecule has 0 fully saturated rings. The number of hydrogen-bond acceptors (Lipinski definition) is 1. The Morgan fingerprint density at radius 1 is 1.15 bits per heavy atom. The van der Waals surface area contributed by atoms with Crippen molar-refractivity contribution in [3.05, 3.63) is 40.0 Å². The SMILES string of the molecule is Cc1cc2c(Cl)ccnc2cc1Cl. The molecule has 0 bridgehead atoms. The van der Waals surface area contributed by atoms with E-state index in [1.165, 1.54) is 0 Å². The second-order valence-corrected chi connectivity index (χ2v) is 3.73. The lowest BCUT2D eigenvalue weighted by atomic mass is 10.1. The number of aromatic nitrogens is 1. The lowest BCUT2D eigenvalue weighted by Crippen LogP contribution is -1.82. The van der Waals surface area contributed by atoms with Gasteiger partial charge in [-0.15, -0.1) is 0 Å². The highest BCUT2D eigenvalue weighted by Gasteiger charge is 2.02. The highest BCUT2D eigenvalue weighted by atomic mass is 35.5. The molecule has 0 amide bonds. The summed E-state index contributed by atoms with van der Waals surface area (Å²) in [6, 6.07) is 5.56. The Hall–Kier alpha value is -0.790. The summed E-state index contributed by atoms with van der Waals surface area (Å²) < 4.78 is 0. The van der Waals surface area contributed by atoms with Crippen molar-refractivity contribution in [3.8, 4) is 0 Å². The maximum absolute atomic E-state index is 6.00. The minimum absolute atomic E-state index is 0.713. The lowest BCUT2D eigenvalue weighted by Gasteiger charge is -2.02. The van der Waals surface area contributed by atoms with Gasteiger partial charge >= 0.3 is 0 Å². The fourth-order valence-corrected chi connectivity index (χ4v) is 1.61. The number of aryl methyl sites for hydroxylation is 1. The molecule has 3 heteroatoms. The molecule has 0 aliphatic carbocycles. The van der Waals surface area contributed by atoms with Crippen molar-refractivity contribution in [3.63, 3.8) is 0 Å². The van der Waals surface area contributed by atoms with Crippen LogP contribution in [0, 0.1) is 6.92 Å². The third-order valence-electron chi connectivity index (χ3n) is 1.97. The summed E-state index contributed by atoms with van der Waals surface area (Å²) >= 11 is 12.0. The van der Waals surface area contributed by atoms with Crippen LogP contribution in [0.3, 0.4) is 0 Å². The van der Waals surface area contributed by atoms with E-state index < -0.39 is 0 Å². The van der Waals surface area contributed by atoms with E-state index in [-0.39, 0.29) is 0 Å². The average molecular weight is 212 g/mol. The van der Waals surface area contributed by atoms with Crippen molar-refractivity contribution in [2.45, 2.75) is 6.92 Å². The monoisotopic (exact) mass is 211 g/mol. The maximum Gasteiger partial charge on any atom is 0.0731 e. The van der Waals surface area contributed by atoms with Gasteiger partial charge in [0.25, 0.3) is 0 Å². The van der Waals surface area contributed by atoms with Gasteiger partial charge in [-0.1, -0.05) is 23.2 Å². The Kier molecular flexibility index (Phi) is 2.14. The minimum Gasteiger partial charge on any atom is -0.256 e. The Morgan fingerprint density at radius 3 is 2.69 bits per heavy atom. The maximum atomic E-state index is 6.00. The van der Waals surface area contributed by atoms with Crippen LogP contribution in [0.25, 0.3) is 10.9 Å². The molecule has 2 rings (SSSR count). The summed E-state index contributed by atoms with van der Waals surface area (Å²) in [6.45, 7) is 1.95. The molecule has 0 aliphatic heterocycles. The highest BCUT2D eigenvalue weighted by Crippen LogP contribution is 2.26. The zero-order chi connectivity index (χ0) is 9.42.